The van der Waals surface area contributed by atoms with E-state index in [0.29, 0.717) is 13.0 Å². The van der Waals surface area contributed by atoms with Gasteiger partial charge in [-0.15, -0.1) is 0 Å². The average Bonchev–Trinajstić information content (AvgIpc) is 2.45. The number of carbonyl (C=O) groups excluding carboxylic acids is 1. The summed E-state index contributed by atoms with van der Waals surface area (Å²) in [7, 11) is 1.63. The first-order valence-electron chi connectivity index (χ1n) is 6.23. The maximum Gasteiger partial charge on any atom is 0.247 e. The zero-order chi connectivity index (χ0) is 13.2. The Bertz CT molecular complexity index is 627. The third kappa shape index (κ3) is 2.13. The molecule has 1 aromatic heterocycles. The molecule has 19 heavy (non-hydrogen) atoms. The number of rotatable bonds is 3. The number of anilines is 2. The van der Waals surface area contributed by atoms with Gasteiger partial charge >= 0.3 is 0 Å². The van der Waals surface area contributed by atoms with Gasteiger partial charge in [-0.2, -0.15) is 0 Å². The monoisotopic (exact) mass is 257 g/mol. The van der Waals surface area contributed by atoms with Crippen LogP contribution in [0.2, 0.25) is 0 Å². The molecule has 2 heterocycles. The van der Waals surface area contributed by atoms with Crippen LogP contribution in [-0.2, 0) is 9.53 Å². The van der Waals surface area contributed by atoms with Crippen molar-refractivity contribution in [3.8, 4) is 0 Å². The summed E-state index contributed by atoms with van der Waals surface area (Å²) < 4.78 is 5.04. The molecule has 0 fully saturated rings. The molecule has 0 saturated heterocycles. The maximum atomic E-state index is 11.9. The zero-order valence-corrected chi connectivity index (χ0v) is 10.6. The number of nitrogens with one attached hydrogen (secondary N) is 2. The summed E-state index contributed by atoms with van der Waals surface area (Å²) in [5, 5.41) is 7.20. The molecule has 0 saturated carbocycles. The average molecular weight is 257 g/mol. The molecule has 98 valence electrons. The minimum atomic E-state index is -0.266. The maximum absolute atomic E-state index is 11.9. The van der Waals surface area contributed by atoms with Crippen LogP contribution in [0.5, 0.6) is 0 Å². The first-order valence-corrected chi connectivity index (χ1v) is 6.23. The number of amides is 1. The van der Waals surface area contributed by atoms with Crippen LogP contribution in [0.15, 0.2) is 30.5 Å². The Morgan fingerprint density at radius 2 is 2.21 bits per heavy atom. The van der Waals surface area contributed by atoms with Gasteiger partial charge < -0.3 is 15.4 Å². The number of hydrogen-bond donors (Lipinski definition) is 2. The molecule has 1 unspecified atom stereocenters. The van der Waals surface area contributed by atoms with E-state index in [2.05, 4.69) is 15.6 Å². The van der Waals surface area contributed by atoms with Crippen LogP contribution in [0.4, 0.5) is 11.4 Å². The summed E-state index contributed by atoms with van der Waals surface area (Å²) in [6, 6.07) is 7.60. The van der Waals surface area contributed by atoms with Gasteiger partial charge in [-0.3, -0.25) is 9.78 Å². The molecule has 1 aromatic carbocycles. The smallest absolute Gasteiger partial charge is 0.247 e. The van der Waals surface area contributed by atoms with Gasteiger partial charge in [-0.1, -0.05) is 18.2 Å². The number of methoxy groups -OCH3 is 1. The van der Waals surface area contributed by atoms with Crippen LogP contribution in [0.25, 0.3) is 10.9 Å². The van der Waals surface area contributed by atoms with Crippen molar-refractivity contribution in [3.63, 3.8) is 0 Å². The van der Waals surface area contributed by atoms with Crippen molar-refractivity contribution >= 4 is 28.2 Å². The van der Waals surface area contributed by atoms with Crippen LogP contribution < -0.4 is 10.6 Å². The lowest BCUT2D eigenvalue weighted by molar-refractivity contribution is -0.117. The highest BCUT2D eigenvalue weighted by atomic mass is 16.5. The molecule has 1 amide bonds. The minimum absolute atomic E-state index is 0.0402. The highest BCUT2D eigenvalue weighted by molar-refractivity contribution is 6.09. The first-order chi connectivity index (χ1) is 9.29. The molecule has 0 radical (unpaired) electrons. The van der Waals surface area contributed by atoms with E-state index in [1.54, 1.807) is 13.3 Å². The topological polar surface area (TPSA) is 63.2 Å². The number of benzene rings is 1. The Balaban J connectivity index is 2.01. The van der Waals surface area contributed by atoms with Gasteiger partial charge in [0.2, 0.25) is 5.91 Å². The lowest BCUT2D eigenvalue weighted by Gasteiger charge is -2.27. The van der Waals surface area contributed by atoms with Crippen molar-refractivity contribution in [2.24, 2.45) is 0 Å². The van der Waals surface area contributed by atoms with Crippen LogP contribution in [0.3, 0.4) is 0 Å². The molecule has 1 atom stereocenters. The van der Waals surface area contributed by atoms with Gasteiger partial charge in [-0.25, -0.2) is 0 Å². The molecular weight excluding hydrogens is 242 g/mol. The van der Waals surface area contributed by atoms with Crippen LogP contribution >= 0.6 is 0 Å². The summed E-state index contributed by atoms with van der Waals surface area (Å²) >= 11 is 0. The number of ether oxygens (including phenoxy) is 1. The number of carbonyl (C=O) groups is 1. The lowest BCUT2D eigenvalue weighted by atomic mass is 10.1. The SMILES string of the molecule is COCCC1Nc2c(cnc3ccccc23)NC1=O. The summed E-state index contributed by atoms with van der Waals surface area (Å²) in [5.74, 6) is -0.0402. The van der Waals surface area contributed by atoms with E-state index in [0.717, 1.165) is 22.3 Å². The fourth-order valence-corrected chi connectivity index (χ4v) is 2.29. The molecular formula is C14H15N3O2. The van der Waals surface area contributed by atoms with Crippen molar-refractivity contribution in [1.82, 2.24) is 4.98 Å². The lowest BCUT2D eigenvalue weighted by Crippen LogP contribution is -2.39. The van der Waals surface area contributed by atoms with Gasteiger partial charge in [0, 0.05) is 19.1 Å². The predicted octanol–water partition coefficient (Wildman–Crippen LogP) is 2.00. The van der Waals surface area contributed by atoms with E-state index in [1.165, 1.54) is 0 Å². The third-order valence-corrected chi connectivity index (χ3v) is 3.28. The molecule has 1 aliphatic rings. The Labute approximate surface area is 111 Å². The third-order valence-electron chi connectivity index (χ3n) is 3.28. The van der Waals surface area contributed by atoms with Crippen molar-refractivity contribution in [2.75, 3.05) is 24.4 Å². The van der Waals surface area contributed by atoms with Crippen LogP contribution in [0, 0.1) is 0 Å². The highest BCUT2D eigenvalue weighted by Crippen LogP contribution is 2.33. The van der Waals surface area contributed by atoms with E-state index < -0.39 is 0 Å². The molecule has 0 bridgehead atoms. The molecule has 5 heteroatoms. The Morgan fingerprint density at radius 3 is 3.05 bits per heavy atom. The molecule has 5 nitrogen and oxygen atoms in total. The molecule has 0 aliphatic carbocycles. The second kappa shape index (κ2) is 4.85. The molecule has 2 aromatic rings. The molecule has 2 N–H and O–H groups in total. The first kappa shape index (κ1) is 11.9. The van der Waals surface area contributed by atoms with Gasteiger partial charge in [0.1, 0.15) is 6.04 Å². The Hall–Kier alpha value is -2.14. The van der Waals surface area contributed by atoms with E-state index in [1.807, 2.05) is 24.3 Å². The van der Waals surface area contributed by atoms with Gasteiger partial charge in [0.05, 0.1) is 23.1 Å². The molecule has 3 rings (SSSR count). The summed E-state index contributed by atoms with van der Waals surface area (Å²) in [4.78, 5) is 16.3. The summed E-state index contributed by atoms with van der Waals surface area (Å²) in [6.45, 7) is 0.545. The number of para-hydroxylation sites is 1. The summed E-state index contributed by atoms with van der Waals surface area (Å²) in [6.07, 6.45) is 2.33. The van der Waals surface area contributed by atoms with Gasteiger partial charge in [-0.05, 0) is 12.5 Å². The fourth-order valence-electron chi connectivity index (χ4n) is 2.29. The predicted molar refractivity (Wildman–Crippen MR) is 74.3 cm³/mol. The van der Waals surface area contributed by atoms with Crippen LogP contribution in [-0.4, -0.2) is 30.6 Å². The van der Waals surface area contributed by atoms with Crippen molar-refractivity contribution in [2.45, 2.75) is 12.5 Å². The van der Waals surface area contributed by atoms with E-state index in [-0.39, 0.29) is 11.9 Å². The fraction of sp³-hybridized carbons (Fsp3) is 0.286. The number of nitrogens with zero attached hydrogens (tertiary/aromatic N) is 1. The quantitative estimate of drug-likeness (QED) is 0.882. The second-order valence-electron chi connectivity index (χ2n) is 4.53. The zero-order valence-electron chi connectivity index (χ0n) is 10.6. The minimum Gasteiger partial charge on any atom is -0.385 e. The van der Waals surface area contributed by atoms with E-state index in [4.69, 9.17) is 4.74 Å². The van der Waals surface area contributed by atoms with Crippen molar-refractivity contribution in [1.29, 1.82) is 0 Å². The summed E-state index contributed by atoms with van der Waals surface area (Å²) in [5.41, 5.74) is 2.58. The standard InChI is InChI=1S/C14H15N3O2/c1-19-7-6-11-14(18)17-12-8-15-10-5-3-2-4-9(10)13(12)16-11/h2-5,8,11,16H,6-7H2,1H3,(H,17,18). The largest absolute Gasteiger partial charge is 0.385 e. The van der Waals surface area contributed by atoms with Crippen molar-refractivity contribution in [3.05, 3.63) is 30.5 Å². The number of fused-ring (bicyclic) bond motifs is 3. The van der Waals surface area contributed by atoms with Gasteiger partial charge in [0.15, 0.2) is 0 Å². The number of hydrogen-bond acceptors (Lipinski definition) is 4. The normalized spacial score (nSPS) is 17.7. The molecule has 0 spiro atoms. The van der Waals surface area contributed by atoms with E-state index >= 15 is 0 Å². The number of pyridine rings is 1. The Kier molecular flexibility index (Phi) is 3.05. The van der Waals surface area contributed by atoms with Crippen molar-refractivity contribution < 1.29 is 9.53 Å². The van der Waals surface area contributed by atoms with Crippen LogP contribution in [0.1, 0.15) is 6.42 Å². The number of aromatic nitrogens is 1. The Morgan fingerprint density at radius 1 is 1.37 bits per heavy atom. The molecule has 1 aliphatic heterocycles. The highest BCUT2D eigenvalue weighted by Gasteiger charge is 2.26. The van der Waals surface area contributed by atoms with Gasteiger partial charge in [0.25, 0.3) is 0 Å². The second-order valence-corrected chi connectivity index (χ2v) is 4.53. The van der Waals surface area contributed by atoms with E-state index in [9.17, 15) is 4.79 Å².